The van der Waals surface area contributed by atoms with E-state index in [1.165, 1.54) is 18.0 Å². The van der Waals surface area contributed by atoms with E-state index in [1.54, 1.807) is 43.3 Å². The predicted octanol–water partition coefficient (Wildman–Crippen LogP) is 3.18. The minimum Gasteiger partial charge on any atom is -0.357 e. The van der Waals surface area contributed by atoms with E-state index in [4.69, 9.17) is 11.6 Å². The first-order valence-corrected chi connectivity index (χ1v) is 8.29. The van der Waals surface area contributed by atoms with E-state index in [1.807, 2.05) is 6.07 Å². The van der Waals surface area contributed by atoms with Crippen LogP contribution in [0, 0.1) is 5.82 Å². The predicted molar refractivity (Wildman–Crippen MR) is 95.6 cm³/mol. The van der Waals surface area contributed by atoms with E-state index in [-0.39, 0.29) is 24.8 Å². The van der Waals surface area contributed by atoms with Crippen LogP contribution in [0.5, 0.6) is 0 Å². The Balaban J connectivity index is 2.27. The van der Waals surface area contributed by atoms with Gasteiger partial charge in [0.2, 0.25) is 11.8 Å². The number of rotatable bonds is 6. The minimum atomic E-state index is -0.708. The molecule has 0 saturated heterocycles. The number of nitrogens with one attached hydrogen (secondary N) is 1. The zero-order valence-electron chi connectivity index (χ0n) is 14.1. The van der Waals surface area contributed by atoms with Crippen molar-refractivity contribution in [2.45, 2.75) is 25.9 Å². The summed E-state index contributed by atoms with van der Waals surface area (Å²) in [5.41, 5.74) is 1.02. The Morgan fingerprint density at radius 1 is 1.12 bits per heavy atom. The molecule has 1 N–H and O–H groups in total. The molecule has 0 fully saturated rings. The molecule has 4 nitrogen and oxygen atoms in total. The number of benzene rings is 2. The molecule has 2 rings (SSSR count). The molecule has 6 heteroatoms. The first-order chi connectivity index (χ1) is 11.9. The molecule has 2 amide bonds. The lowest BCUT2D eigenvalue weighted by Gasteiger charge is -2.28. The van der Waals surface area contributed by atoms with Crippen molar-refractivity contribution < 1.29 is 14.0 Å². The zero-order valence-corrected chi connectivity index (χ0v) is 14.9. The van der Waals surface area contributed by atoms with Gasteiger partial charge in [0.25, 0.3) is 0 Å². The van der Waals surface area contributed by atoms with Crippen LogP contribution in [0.3, 0.4) is 0 Å². The number of amides is 2. The SMILES string of the molecule is CNC(=O)[C@@H](C)N(Cc1ccccc1Cl)C(=O)Cc1ccccc1F. The quantitative estimate of drug-likeness (QED) is 0.858. The third kappa shape index (κ3) is 4.79. The summed E-state index contributed by atoms with van der Waals surface area (Å²) in [6.07, 6.45) is -0.127. The molecular weight excluding hydrogens is 343 g/mol. The van der Waals surface area contributed by atoms with E-state index in [0.29, 0.717) is 10.6 Å². The van der Waals surface area contributed by atoms with E-state index < -0.39 is 11.9 Å². The fourth-order valence-corrected chi connectivity index (χ4v) is 2.70. The molecule has 0 saturated carbocycles. The maximum Gasteiger partial charge on any atom is 0.242 e. The first kappa shape index (κ1) is 18.9. The highest BCUT2D eigenvalue weighted by Crippen LogP contribution is 2.20. The number of nitrogens with zero attached hydrogens (tertiary/aromatic N) is 1. The van der Waals surface area contributed by atoms with Gasteiger partial charge in [0.1, 0.15) is 11.9 Å². The largest absolute Gasteiger partial charge is 0.357 e. The van der Waals surface area contributed by atoms with Gasteiger partial charge in [-0.05, 0) is 30.2 Å². The molecular formula is C19H20ClFN2O2. The molecule has 0 spiro atoms. The summed E-state index contributed by atoms with van der Waals surface area (Å²) in [7, 11) is 1.51. The summed E-state index contributed by atoms with van der Waals surface area (Å²) in [6, 6.07) is 12.5. The average Bonchev–Trinajstić information content (AvgIpc) is 2.61. The summed E-state index contributed by atoms with van der Waals surface area (Å²) < 4.78 is 13.9. The maximum atomic E-state index is 13.9. The Hall–Kier alpha value is -2.40. The number of hydrogen-bond acceptors (Lipinski definition) is 2. The second kappa shape index (κ2) is 8.62. The summed E-state index contributed by atoms with van der Waals surface area (Å²) in [6.45, 7) is 1.80. The van der Waals surface area contributed by atoms with Crippen molar-refractivity contribution in [2.24, 2.45) is 0 Å². The molecule has 2 aromatic rings. The minimum absolute atomic E-state index is 0.127. The fraction of sp³-hybridized carbons (Fsp3) is 0.263. The highest BCUT2D eigenvalue weighted by molar-refractivity contribution is 6.31. The zero-order chi connectivity index (χ0) is 18.4. The molecule has 0 aromatic heterocycles. The molecule has 0 bridgehead atoms. The lowest BCUT2D eigenvalue weighted by Crippen LogP contribution is -2.47. The van der Waals surface area contributed by atoms with Gasteiger partial charge in [0.05, 0.1) is 6.42 Å². The molecule has 0 radical (unpaired) electrons. The molecule has 132 valence electrons. The van der Waals surface area contributed by atoms with E-state index >= 15 is 0 Å². The van der Waals surface area contributed by atoms with E-state index in [2.05, 4.69) is 5.32 Å². The Kier molecular flexibility index (Phi) is 6.53. The Bertz CT molecular complexity index is 767. The molecule has 0 heterocycles. The van der Waals surface area contributed by atoms with E-state index in [9.17, 15) is 14.0 Å². The van der Waals surface area contributed by atoms with Crippen LogP contribution >= 0.6 is 11.6 Å². The van der Waals surface area contributed by atoms with Crippen LogP contribution in [0.1, 0.15) is 18.1 Å². The molecule has 0 aliphatic heterocycles. The van der Waals surface area contributed by atoms with Gasteiger partial charge in [-0.1, -0.05) is 48.0 Å². The number of halogens is 2. The summed E-state index contributed by atoms with van der Waals surface area (Å²) >= 11 is 6.18. The van der Waals surface area contributed by atoms with Crippen molar-refractivity contribution in [3.8, 4) is 0 Å². The van der Waals surface area contributed by atoms with Crippen molar-refractivity contribution in [1.82, 2.24) is 10.2 Å². The molecule has 0 aliphatic rings. The van der Waals surface area contributed by atoms with Gasteiger partial charge in [-0.25, -0.2) is 4.39 Å². The van der Waals surface area contributed by atoms with Crippen molar-refractivity contribution in [1.29, 1.82) is 0 Å². The van der Waals surface area contributed by atoms with Crippen molar-refractivity contribution in [3.63, 3.8) is 0 Å². The Morgan fingerprint density at radius 2 is 1.72 bits per heavy atom. The monoisotopic (exact) mass is 362 g/mol. The van der Waals surface area contributed by atoms with Crippen molar-refractivity contribution in [2.75, 3.05) is 7.05 Å². The summed E-state index contributed by atoms with van der Waals surface area (Å²) in [5, 5.41) is 3.05. The normalized spacial score (nSPS) is 11.7. The number of hydrogen-bond donors (Lipinski definition) is 1. The molecule has 0 unspecified atom stereocenters. The van der Waals surface area contributed by atoms with Gasteiger partial charge in [-0.15, -0.1) is 0 Å². The molecule has 1 atom stereocenters. The van der Waals surface area contributed by atoms with Crippen LogP contribution in [-0.2, 0) is 22.6 Å². The van der Waals surface area contributed by atoms with Crippen LogP contribution in [-0.4, -0.2) is 29.8 Å². The second-order valence-electron chi connectivity index (χ2n) is 5.67. The number of carbonyl (C=O) groups is 2. The van der Waals surface area contributed by atoms with Crippen molar-refractivity contribution in [3.05, 3.63) is 70.5 Å². The summed E-state index contributed by atoms with van der Waals surface area (Å²) in [4.78, 5) is 26.2. The van der Waals surface area contributed by atoms with Crippen LogP contribution in [0.2, 0.25) is 5.02 Å². The smallest absolute Gasteiger partial charge is 0.242 e. The van der Waals surface area contributed by atoms with Gasteiger partial charge in [-0.2, -0.15) is 0 Å². The van der Waals surface area contributed by atoms with Gasteiger partial charge in [0.15, 0.2) is 0 Å². The second-order valence-corrected chi connectivity index (χ2v) is 6.08. The Morgan fingerprint density at radius 3 is 2.32 bits per heavy atom. The van der Waals surface area contributed by atoms with Gasteiger partial charge in [-0.3, -0.25) is 9.59 Å². The van der Waals surface area contributed by atoms with Crippen LogP contribution in [0.4, 0.5) is 4.39 Å². The molecule has 0 aliphatic carbocycles. The topological polar surface area (TPSA) is 49.4 Å². The van der Waals surface area contributed by atoms with Crippen LogP contribution in [0.15, 0.2) is 48.5 Å². The fourth-order valence-electron chi connectivity index (χ4n) is 2.51. The molecule has 2 aromatic carbocycles. The van der Waals surface area contributed by atoms with Crippen LogP contribution < -0.4 is 5.32 Å². The number of likely N-dealkylation sites (N-methyl/N-ethyl adjacent to an activating group) is 1. The lowest BCUT2D eigenvalue weighted by molar-refractivity contribution is -0.139. The van der Waals surface area contributed by atoms with Gasteiger partial charge in [0, 0.05) is 18.6 Å². The van der Waals surface area contributed by atoms with Gasteiger partial charge >= 0.3 is 0 Å². The maximum absolute atomic E-state index is 13.9. The highest BCUT2D eigenvalue weighted by atomic mass is 35.5. The van der Waals surface area contributed by atoms with Gasteiger partial charge < -0.3 is 10.2 Å². The summed E-state index contributed by atoms with van der Waals surface area (Å²) in [5.74, 6) is -1.09. The third-order valence-corrected chi connectivity index (χ3v) is 4.38. The van der Waals surface area contributed by atoms with Crippen molar-refractivity contribution >= 4 is 23.4 Å². The first-order valence-electron chi connectivity index (χ1n) is 7.92. The van der Waals surface area contributed by atoms with Crippen LogP contribution in [0.25, 0.3) is 0 Å². The third-order valence-electron chi connectivity index (χ3n) is 4.01. The molecule has 25 heavy (non-hydrogen) atoms. The standard InChI is InChI=1S/C19H20ClFN2O2/c1-13(19(25)22-2)23(12-15-8-3-5-9-16(15)20)18(24)11-14-7-4-6-10-17(14)21/h3-10,13H,11-12H2,1-2H3,(H,22,25)/t13-/m1/s1. The number of carbonyl (C=O) groups excluding carboxylic acids is 2. The van der Waals surface area contributed by atoms with E-state index in [0.717, 1.165) is 5.56 Å². The Labute approximate surface area is 151 Å². The highest BCUT2D eigenvalue weighted by Gasteiger charge is 2.26. The average molecular weight is 363 g/mol. The lowest BCUT2D eigenvalue weighted by atomic mass is 10.1.